The number of morpholine rings is 1. The predicted molar refractivity (Wildman–Crippen MR) is 119 cm³/mol. The van der Waals surface area contributed by atoms with Crippen LogP contribution >= 0.6 is 11.6 Å². The Labute approximate surface area is 185 Å². The average molecular weight is 444 g/mol. The fraction of sp³-hybridized carbons (Fsp3) is 0.409. The van der Waals surface area contributed by atoms with Crippen LogP contribution in [-0.4, -0.2) is 58.3 Å². The first-order chi connectivity index (χ1) is 14.9. The van der Waals surface area contributed by atoms with Crippen LogP contribution in [-0.2, 0) is 16.0 Å². The second-order valence-electron chi connectivity index (χ2n) is 7.74. The van der Waals surface area contributed by atoms with Crippen LogP contribution in [0.3, 0.4) is 0 Å². The van der Waals surface area contributed by atoms with Crippen molar-refractivity contribution < 1.29 is 9.53 Å². The number of amides is 1. The van der Waals surface area contributed by atoms with Gasteiger partial charge in [0.1, 0.15) is 0 Å². The number of nitrogens with one attached hydrogen (secondary N) is 2. The molecule has 1 aliphatic rings. The molecule has 1 aliphatic heterocycles. The third-order valence-corrected chi connectivity index (χ3v) is 6.13. The van der Waals surface area contributed by atoms with Crippen LogP contribution in [0.25, 0.3) is 5.65 Å². The summed E-state index contributed by atoms with van der Waals surface area (Å²) in [6.07, 6.45) is 0.180. The van der Waals surface area contributed by atoms with Crippen LogP contribution in [0.1, 0.15) is 28.6 Å². The maximum atomic E-state index is 12.9. The largest absolute Gasteiger partial charge is 0.379 e. The third kappa shape index (κ3) is 4.66. The summed E-state index contributed by atoms with van der Waals surface area (Å²) in [7, 11) is 0. The van der Waals surface area contributed by atoms with Crippen molar-refractivity contribution in [1.82, 2.24) is 24.8 Å². The van der Waals surface area contributed by atoms with Gasteiger partial charge in [0, 0.05) is 47.7 Å². The van der Waals surface area contributed by atoms with Crippen LogP contribution in [0.5, 0.6) is 0 Å². The highest BCUT2D eigenvalue weighted by molar-refractivity contribution is 6.31. The molecule has 1 aromatic carbocycles. The zero-order chi connectivity index (χ0) is 22.0. The van der Waals surface area contributed by atoms with Gasteiger partial charge in [-0.2, -0.15) is 0 Å². The molecule has 31 heavy (non-hydrogen) atoms. The normalized spacial score (nSPS) is 15.8. The molecular weight excluding hydrogens is 418 g/mol. The van der Waals surface area contributed by atoms with E-state index in [4.69, 9.17) is 16.3 Å². The lowest BCUT2D eigenvalue weighted by atomic mass is 10.0. The number of ether oxygens (including phenoxy) is 1. The summed E-state index contributed by atoms with van der Waals surface area (Å²) in [6.45, 7) is 7.06. The highest BCUT2D eigenvalue weighted by Gasteiger charge is 2.25. The van der Waals surface area contributed by atoms with Gasteiger partial charge in [0.25, 0.3) is 5.56 Å². The fourth-order valence-corrected chi connectivity index (χ4v) is 4.38. The number of fused-ring (bicyclic) bond motifs is 1. The summed E-state index contributed by atoms with van der Waals surface area (Å²) in [4.78, 5) is 31.3. The lowest BCUT2D eigenvalue weighted by molar-refractivity contribution is -0.120. The minimum absolute atomic E-state index is 0.0369. The number of H-pyrrole nitrogens is 1. The van der Waals surface area contributed by atoms with Crippen molar-refractivity contribution in [2.75, 3.05) is 32.8 Å². The third-order valence-electron chi connectivity index (χ3n) is 5.78. The Morgan fingerprint density at radius 3 is 2.77 bits per heavy atom. The zero-order valence-electron chi connectivity index (χ0n) is 17.7. The Morgan fingerprint density at radius 2 is 2.03 bits per heavy atom. The second kappa shape index (κ2) is 9.21. The Hall–Kier alpha value is -2.68. The number of nitrogens with zero attached hydrogens (tertiary/aromatic N) is 3. The molecule has 2 aromatic heterocycles. The van der Waals surface area contributed by atoms with Crippen molar-refractivity contribution in [1.29, 1.82) is 0 Å². The molecule has 164 valence electrons. The molecule has 2 N–H and O–H groups in total. The fourth-order valence-electron chi connectivity index (χ4n) is 4.12. The number of aromatic amines is 1. The van der Waals surface area contributed by atoms with E-state index in [2.05, 4.69) is 20.3 Å². The second-order valence-corrected chi connectivity index (χ2v) is 8.15. The van der Waals surface area contributed by atoms with Crippen LogP contribution < -0.4 is 10.9 Å². The summed E-state index contributed by atoms with van der Waals surface area (Å²) >= 11 is 6.47. The Bertz CT molecular complexity index is 1150. The number of aryl methyl sites for hydroxylation is 2. The number of rotatable bonds is 6. The van der Waals surface area contributed by atoms with Gasteiger partial charge in [0.15, 0.2) is 5.65 Å². The topological polar surface area (TPSA) is 91.7 Å². The molecule has 1 fully saturated rings. The molecule has 1 unspecified atom stereocenters. The molecule has 0 radical (unpaired) electrons. The summed E-state index contributed by atoms with van der Waals surface area (Å²) in [6, 6.07) is 9.15. The van der Waals surface area contributed by atoms with Gasteiger partial charge < -0.3 is 10.1 Å². The highest BCUT2D eigenvalue weighted by atomic mass is 35.5. The molecule has 3 heterocycles. The quantitative estimate of drug-likeness (QED) is 0.608. The number of hydrogen-bond donors (Lipinski definition) is 2. The standard InChI is InChI=1S/C22H26ClN5O3/c1-14-17(15(2)28-20(25-14)12-22(30)26-28)11-21(29)24-13-19(27-7-9-31-10-8-27)16-5-3-4-6-18(16)23/h3-6,12,19H,7-11,13H2,1-2H3,(H,24,29)(H,26,30). The van der Waals surface area contributed by atoms with Crippen molar-refractivity contribution in [2.45, 2.75) is 26.3 Å². The van der Waals surface area contributed by atoms with Crippen LogP contribution in [0.15, 0.2) is 35.1 Å². The summed E-state index contributed by atoms with van der Waals surface area (Å²) < 4.78 is 7.11. The lowest BCUT2D eigenvalue weighted by Crippen LogP contribution is -2.44. The van der Waals surface area contributed by atoms with E-state index in [-0.39, 0.29) is 23.9 Å². The molecule has 0 spiro atoms. The van der Waals surface area contributed by atoms with Crippen molar-refractivity contribution in [3.63, 3.8) is 0 Å². The molecule has 1 atom stereocenters. The molecule has 4 rings (SSSR count). The van der Waals surface area contributed by atoms with Gasteiger partial charge >= 0.3 is 0 Å². The lowest BCUT2D eigenvalue weighted by Gasteiger charge is -2.35. The predicted octanol–water partition coefficient (Wildman–Crippen LogP) is 2.03. The number of aromatic nitrogens is 3. The van der Waals surface area contributed by atoms with Gasteiger partial charge in [0.05, 0.1) is 25.7 Å². The number of halogens is 1. The first-order valence-corrected chi connectivity index (χ1v) is 10.7. The minimum atomic E-state index is -0.218. The van der Waals surface area contributed by atoms with E-state index in [9.17, 15) is 9.59 Å². The average Bonchev–Trinajstić information content (AvgIpc) is 3.13. The highest BCUT2D eigenvalue weighted by Crippen LogP contribution is 2.27. The number of carbonyl (C=O) groups is 1. The monoisotopic (exact) mass is 443 g/mol. The Kier molecular flexibility index (Phi) is 6.41. The smallest absolute Gasteiger partial charge is 0.266 e. The molecule has 1 amide bonds. The molecule has 1 saturated heterocycles. The zero-order valence-corrected chi connectivity index (χ0v) is 18.4. The molecule has 8 nitrogen and oxygen atoms in total. The van der Waals surface area contributed by atoms with E-state index in [1.807, 2.05) is 38.1 Å². The number of carbonyl (C=O) groups excluding carboxylic acids is 1. The molecule has 3 aromatic rings. The maximum absolute atomic E-state index is 12.9. The van der Waals surface area contributed by atoms with E-state index in [1.54, 1.807) is 4.52 Å². The molecule has 0 bridgehead atoms. The van der Waals surface area contributed by atoms with Crippen molar-refractivity contribution in [3.05, 3.63) is 68.2 Å². The van der Waals surface area contributed by atoms with Gasteiger partial charge in [-0.1, -0.05) is 29.8 Å². The van der Waals surface area contributed by atoms with Crippen molar-refractivity contribution in [3.8, 4) is 0 Å². The van der Waals surface area contributed by atoms with Crippen LogP contribution in [0.4, 0.5) is 0 Å². The van der Waals surface area contributed by atoms with E-state index in [0.29, 0.717) is 30.4 Å². The van der Waals surface area contributed by atoms with Gasteiger partial charge in [-0.25, -0.2) is 9.50 Å². The molecular formula is C22H26ClN5O3. The van der Waals surface area contributed by atoms with Gasteiger partial charge in [-0.05, 0) is 25.5 Å². The SMILES string of the molecule is Cc1nc2cc(=O)[nH]n2c(C)c1CC(=O)NCC(c1ccccc1Cl)N1CCOCC1. The summed E-state index contributed by atoms with van der Waals surface area (Å²) in [5, 5.41) is 6.48. The van der Waals surface area contributed by atoms with Gasteiger partial charge in [0.2, 0.25) is 5.91 Å². The van der Waals surface area contributed by atoms with Crippen LogP contribution in [0, 0.1) is 13.8 Å². The van der Waals surface area contributed by atoms with Gasteiger partial charge in [-0.3, -0.25) is 19.6 Å². The van der Waals surface area contributed by atoms with E-state index in [0.717, 1.165) is 35.6 Å². The molecule has 9 heteroatoms. The van der Waals surface area contributed by atoms with Crippen molar-refractivity contribution >= 4 is 23.2 Å². The minimum Gasteiger partial charge on any atom is -0.379 e. The summed E-state index contributed by atoms with van der Waals surface area (Å²) in [5.41, 5.74) is 3.67. The first-order valence-electron chi connectivity index (χ1n) is 10.3. The first kappa shape index (κ1) is 21.5. The number of hydrogen-bond acceptors (Lipinski definition) is 5. The van der Waals surface area contributed by atoms with E-state index >= 15 is 0 Å². The van der Waals surface area contributed by atoms with E-state index in [1.165, 1.54) is 6.07 Å². The number of benzene rings is 1. The van der Waals surface area contributed by atoms with E-state index < -0.39 is 0 Å². The Morgan fingerprint density at radius 1 is 1.29 bits per heavy atom. The van der Waals surface area contributed by atoms with Crippen LogP contribution in [0.2, 0.25) is 5.02 Å². The molecule has 0 aliphatic carbocycles. The summed E-state index contributed by atoms with van der Waals surface area (Å²) in [5.74, 6) is -0.104. The molecule has 0 saturated carbocycles. The van der Waals surface area contributed by atoms with Crippen molar-refractivity contribution in [2.24, 2.45) is 0 Å². The maximum Gasteiger partial charge on any atom is 0.266 e. The Balaban J connectivity index is 1.51. The van der Waals surface area contributed by atoms with Gasteiger partial charge in [-0.15, -0.1) is 0 Å².